The van der Waals surface area contributed by atoms with Gasteiger partial charge in [0.15, 0.2) is 0 Å². The van der Waals surface area contributed by atoms with Crippen LogP contribution in [-0.2, 0) is 30.0 Å². The monoisotopic (exact) mass is 748 g/mol. The Hall–Kier alpha value is -4.01. The minimum atomic E-state index is -5.10. The first-order valence-corrected chi connectivity index (χ1v) is 16.1. The minimum absolute atomic E-state index is 0.0631. The van der Waals surface area contributed by atoms with Gasteiger partial charge in [-0.15, -0.1) is 0 Å². The van der Waals surface area contributed by atoms with Crippen LogP contribution in [0.3, 0.4) is 0 Å². The third kappa shape index (κ3) is 12.7. The average molecular weight is 750 g/mol. The number of urea groups is 1. The number of benzene rings is 3. The Kier molecular flexibility index (Phi) is 14.4. The number of hydrogen-bond donors (Lipinski definition) is 2. The van der Waals surface area contributed by atoms with Crippen molar-refractivity contribution in [1.82, 2.24) is 14.7 Å². The smallest absolute Gasteiger partial charge is 0.416 e. The maximum Gasteiger partial charge on any atom is 0.416 e. The van der Waals surface area contributed by atoms with Crippen molar-refractivity contribution >= 4 is 41.1 Å². The first-order valence-electron chi connectivity index (χ1n) is 15.4. The highest BCUT2D eigenvalue weighted by molar-refractivity contribution is 6.30. The van der Waals surface area contributed by atoms with Gasteiger partial charge in [-0.25, -0.2) is 4.79 Å². The van der Waals surface area contributed by atoms with Gasteiger partial charge in [0.2, 0.25) is 0 Å². The zero-order valence-corrected chi connectivity index (χ0v) is 28.4. The van der Waals surface area contributed by atoms with Crippen LogP contribution in [0.5, 0.6) is 0 Å². The Morgan fingerprint density at radius 3 is 1.74 bits per heavy atom. The summed E-state index contributed by atoms with van der Waals surface area (Å²) in [7, 11) is 1.21. The van der Waals surface area contributed by atoms with Crippen LogP contribution in [0, 0.1) is 0 Å². The number of carbonyl (C=O) groups excluding carboxylic acids is 2. The number of halogens is 8. The van der Waals surface area contributed by atoms with Gasteiger partial charge in [0.05, 0.1) is 11.1 Å². The molecule has 1 aliphatic heterocycles. The number of likely N-dealkylation sites (N-methyl/N-ethyl adjacent to an activating group) is 1. The number of carboxylic acid groups (broad SMARTS) is 1. The van der Waals surface area contributed by atoms with E-state index in [4.69, 9.17) is 34.0 Å². The summed E-state index contributed by atoms with van der Waals surface area (Å²) in [6.45, 7) is 4.27. The molecule has 0 aliphatic carbocycles. The van der Waals surface area contributed by atoms with E-state index in [-0.39, 0.29) is 31.4 Å². The molecule has 1 atom stereocenters. The van der Waals surface area contributed by atoms with E-state index in [1.807, 2.05) is 12.1 Å². The van der Waals surface area contributed by atoms with Crippen LogP contribution in [0.1, 0.15) is 45.5 Å². The van der Waals surface area contributed by atoms with E-state index in [0.29, 0.717) is 22.7 Å². The highest BCUT2D eigenvalue weighted by Gasteiger charge is 2.38. The van der Waals surface area contributed by atoms with Gasteiger partial charge in [0, 0.05) is 67.8 Å². The van der Waals surface area contributed by atoms with Crippen molar-refractivity contribution in [3.05, 3.63) is 105 Å². The second kappa shape index (κ2) is 17.8. The molecule has 1 fully saturated rings. The summed E-state index contributed by atoms with van der Waals surface area (Å²) in [5.41, 5.74) is 3.18. The van der Waals surface area contributed by atoms with Crippen LogP contribution in [0.25, 0.3) is 0 Å². The van der Waals surface area contributed by atoms with Crippen LogP contribution < -0.4 is 5.73 Å². The van der Waals surface area contributed by atoms with Crippen LogP contribution in [0.2, 0.25) is 10.0 Å². The van der Waals surface area contributed by atoms with Crippen LogP contribution in [0.15, 0.2) is 66.7 Å². The molecular formula is C34H36Cl2F6N4O4. The summed E-state index contributed by atoms with van der Waals surface area (Å²) in [6.07, 6.45) is -9.48. The summed E-state index contributed by atoms with van der Waals surface area (Å²) in [4.78, 5) is 39.9. The Balaban J connectivity index is 0.000000316. The van der Waals surface area contributed by atoms with Crippen LogP contribution >= 0.6 is 23.2 Å². The molecule has 50 heavy (non-hydrogen) atoms. The fourth-order valence-corrected chi connectivity index (χ4v) is 5.45. The van der Waals surface area contributed by atoms with E-state index in [9.17, 15) is 40.7 Å². The highest BCUT2D eigenvalue weighted by Crippen LogP contribution is 2.36. The Bertz CT molecular complexity index is 1560. The van der Waals surface area contributed by atoms with Crippen molar-refractivity contribution < 1.29 is 45.8 Å². The lowest BCUT2D eigenvalue weighted by Crippen LogP contribution is -2.50. The number of primary amides is 1. The molecule has 8 nitrogen and oxygen atoms in total. The number of hydrogen-bond acceptors (Lipinski definition) is 4. The molecule has 0 saturated carbocycles. The molecule has 3 aromatic rings. The topological polar surface area (TPSA) is 107 Å². The summed E-state index contributed by atoms with van der Waals surface area (Å²) in [5, 5.41) is 10.2. The number of alkyl halides is 6. The standard InChI is InChI=1S/C21H18ClF6NO3.C13H18ClN3O/c1-29(17(6-7-18(30)31)8-12-2-4-16(22)5-3-12)19(32)13-9-14(20(23,24)25)11-15(10-13)21(26,27)28;14-12-3-1-11(2-4-12)5-6-16-7-9-17(10-8-16)13(15)18/h2-5,9-11,17H,6-8H2,1H3,(H,30,31);1-4H,5-10H2,(H2,15,18). The van der Waals surface area contributed by atoms with E-state index in [2.05, 4.69) is 17.0 Å². The summed E-state index contributed by atoms with van der Waals surface area (Å²) >= 11 is 11.7. The number of rotatable bonds is 10. The molecule has 3 aromatic carbocycles. The van der Waals surface area contributed by atoms with E-state index in [0.717, 1.165) is 49.1 Å². The zero-order valence-electron chi connectivity index (χ0n) is 26.9. The largest absolute Gasteiger partial charge is 0.481 e. The van der Waals surface area contributed by atoms with Crippen molar-refractivity contribution in [3.8, 4) is 0 Å². The first-order chi connectivity index (χ1) is 23.3. The number of amides is 3. The van der Waals surface area contributed by atoms with Gasteiger partial charge in [-0.05, 0) is 72.9 Å². The predicted molar refractivity (Wildman–Crippen MR) is 177 cm³/mol. The molecular weight excluding hydrogens is 713 g/mol. The van der Waals surface area contributed by atoms with Gasteiger partial charge < -0.3 is 20.6 Å². The number of piperazine rings is 1. The molecule has 4 rings (SSSR count). The van der Waals surface area contributed by atoms with E-state index in [1.165, 1.54) is 12.6 Å². The predicted octanol–water partition coefficient (Wildman–Crippen LogP) is 7.50. The SMILES string of the molecule is CN(C(=O)c1cc(C(F)(F)F)cc(C(F)(F)F)c1)C(CCC(=O)O)Cc1ccc(Cl)cc1.NC(=O)N1CCN(CCc2ccc(Cl)cc2)CC1. The lowest BCUT2D eigenvalue weighted by Gasteiger charge is -2.33. The second-order valence-corrected chi connectivity index (χ2v) is 12.5. The van der Waals surface area contributed by atoms with Gasteiger partial charge in [-0.3, -0.25) is 14.5 Å². The normalized spacial score (nSPS) is 14.4. The zero-order chi connectivity index (χ0) is 37.2. The third-order valence-electron chi connectivity index (χ3n) is 8.09. The molecule has 1 heterocycles. The highest BCUT2D eigenvalue weighted by atomic mass is 35.5. The molecule has 3 amide bonds. The summed E-state index contributed by atoms with van der Waals surface area (Å²) < 4.78 is 78.7. The van der Waals surface area contributed by atoms with Gasteiger partial charge in [-0.1, -0.05) is 47.5 Å². The fourth-order valence-electron chi connectivity index (χ4n) is 5.19. The molecule has 1 aliphatic rings. The Morgan fingerprint density at radius 1 is 0.820 bits per heavy atom. The Labute approximate surface area is 295 Å². The molecule has 0 bridgehead atoms. The number of carboxylic acids is 1. The molecule has 0 aromatic heterocycles. The lowest BCUT2D eigenvalue weighted by atomic mass is 9.98. The van der Waals surface area contributed by atoms with Crippen molar-refractivity contribution in [1.29, 1.82) is 0 Å². The number of aliphatic carboxylic acids is 1. The molecule has 16 heteroatoms. The maximum absolute atomic E-state index is 13.1. The van der Waals surface area contributed by atoms with Gasteiger partial charge >= 0.3 is 24.4 Å². The maximum atomic E-state index is 13.1. The van der Waals surface area contributed by atoms with Crippen LogP contribution in [-0.4, -0.2) is 83.5 Å². The van der Waals surface area contributed by atoms with Crippen molar-refractivity contribution in [3.63, 3.8) is 0 Å². The summed E-state index contributed by atoms with van der Waals surface area (Å²) in [6, 6.07) is 13.9. The number of carbonyl (C=O) groups is 3. The van der Waals surface area contributed by atoms with Crippen molar-refractivity contribution in [2.45, 2.75) is 44.1 Å². The molecule has 272 valence electrons. The van der Waals surface area contributed by atoms with Gasteiger partial charge in [0.25, 0.3) is 5.91 Å². The number of nitrogens with zero attached hydrogens (tertiary/aromatic N) is 3. The van der Waals surface area contributed by atoms with Gasteiger partial charge in [0.1, 0.15) is 0 Å². The summed E-state index contributed by atoms with van der Waals surface area (Å²) in [5.74, 6) is -2.25. The fraction of sp³-hybridized carbons (Fsp3) is 0.382. The van der Waals surface area contributed by atoms with E-state index >= 15 is 0 Å². The first kappa shape index (κ1) is 40.4. The second-order valence-electron chi connectivity index (χ2n) is 11.7. The van der Waals surface area contributed by atoms with E-state index in [1.54, 1.807) is 29.2 Å². The molecule has 0 radical (unpaired) electrons. The molecule has 0 spiro atoms. The van der Waals surface area contributed by atoms with Crippen LogP contribution in [0.4, 0.5) is 31.1 Å². The van der Waals surface area contributed by atoms with E-state index < -0.39 is 47.0 Å². The van der Waals surface area contributed by atoms with Crippen molar-refractivity contribution in [2.75, 3.05) is 39.8 Å². The average Bonchev–Trinajstić information content (AvgIpc) is 3.06. The Morgan fingerprint density at radius 2 is 1.30 bits per heavy atom. The minimum Gasteiger partial charge on any atom is -0.481 e. The molecule has 1 saturated heterocycles. The lowest BCUT2D eigenvalue weighted by molar-refractivity contribution is -0.143. The quantitative estimate of drug-likeness (QED) is 0.209. The molecule has 3 N–H and O–H groups in total. The molecule has 1 unspecified atom stereocenters. The van der Waals surface area contributed by atoms with Gasteiger partial charge in [-0.2, -0.15) is 26.3 Å². The number of nitrogens with two attached hydrogens (primary N) is 1. The third-order valence-corrected chi connectivity index (χ3v) is 8.60. The van der Waals surface area contributed by atoms with Crippen molar-refractivity contribution in [2.24, 2.45) is 5.73 Å².